The molecule has 4 rings (SSSR count). The van der Waals surface area contributed by atoms with Crippen molar-refractivity contribution in [2.45, 2.75) is 18.2 Å². The number of hydrazone groups is 1. The Hall–Kier alpha value is -4.87. The summed E-state index contributed by atoms with van der Waals surface area (Å²) in [5.74, 6) is -0.0848. The highest BCUT2D eigenvalue weighted by Gasteiger charge is 2.19. The molecule has 2 N–H and O–H groups in total. The number of benzene rings is 4. The summed E-state index contributed by atoms with van der Waals surface area (Å²) >= 11 is 5.85. The van der Waals surface area contributed by atoms with Gasteiger partial charge in [-0.2, -0.15) is 5.10 Å². The topological polar surface area (TPSA) is 132 Å². The van der Waals surface area contributed by atoms with Crippen molar-refractivity contribution in [3.8, 4) is 17.2 Å². The van der Waals surface area contributed by atoms with Crippen LogP contribution in [0.15, 0.2) is 101 Å². The summed E-state index contributed by atoms with van der Waals surface area (Å²) in [7, 11) is -2.55. The monoisotopic (exact) mass is 621 g/mol. The van der Waals surface area contributed by atoms with Crippen LogP contribution in [0.3, 0.4) is 0 Å². The first-order valence-electron chi connectivity index (χ1n) is 13.0. The van der Waals surface area contributed by atoms with E-state index >= 15 is 0 Å². The van der Waals surface area contributed by atoms with Crippen molar-refractivity contribution >= 4 is 45.4 Å². The molecule has 0 aliphatic carbocycles. The number of hydrogen-bond acceptors (Lipinski definition) is 8. The fraction of sp³-hybridized carbons (Fsp3) is 0.129. The third-order valence-electron chi connectivity index (χ3n) is 5.87. The van der Waals surface area contributed by atoms with Crippen LogP contribution in [0.25, 0.3) is 0 Å². The van der Waals surface area contributed by atoms with Crippen molar-refractivity contribution in [3.05, 3.63) is 113 Å². The maximum atomic E-state index is 12.9. The molecule has 43 heavy (non-hydrogen) atoms. The van der Waals surface area contributed by atoms with E-state index in [1.165, 1.54) is 49.7 Å². The van der Waals surface area contributed by atoms with Crippen molar-refractivity contribution < 1.29 is 32.2 Å². The second kappa shape index (κ2) is 14.3. The maximum Gasteiger partial charge on any atom is 0.343 e. The van der Waals surface area contributed by atoms with Crippen LogP contribution in [0.5, 0.6) is 17.2 Å². The predicted molar refractivity (Wildman–Crippen MR) is 164 cm³/mol. The molecule has 10 nitrogen and oxygen atoms in total. The van der Waals surface area contributed by atoms with Gasteiger partial charge in [-0.25, -0.2) is 18.6 Å². The van der Waals surface area contributed by atoms with Gasteiger partial charge in [0.05, 0.1) is 41.6 Å². The van der Waals surface area contributed by atoms with E-state index in [1.54, 1.807) is 54.6 Å². The number of nitrogens with zero attached hydrogens (tertiary/aromatic N) is 1. The molecule has 4 aromatic rings. The van der Waals surface area contributed by atoms with Crippen LogP contribution in [-0.4, -0.2) is 40.2 Å². The summed E-state index contributed by atoms with van der Waals surface area (Å²) in [5, 5.41) is 4.37. The van der Waals surface area contributed by atoms with Gasteiger partial charge in [-0.05, 0) is 90.8 Å². The summed E-state index contributed by atoms with van der Waals surface area (Å²) in [5.41, 5.74) is 3.39. The molecule has 0 unspecified atom stereocenters. The predicted octanol–water partition coefficient (Wildman–Crippen LogP) is 5.92. The third-order valence-corrected chi connectivity index (χ3v) is 7.51. The van der Waals surface area contributed by atoms with E-state index < -0.39 is 21.9 Å². The number of ether oxygens (including phenoxy) is 3. The summed E-state index contributed by atoms with van der Waals surface area (Å²) in [6, 6.07) is 23.1. The van der Waals surface area contributed by atoms with Crippen LogP contribution in [0, 0.1) is 0 Å². The van der Waals surface area contributed by atoms with E-state index in [-0.39, 0.29) is 27.6 Å². The number of carbonyl (C=O) groups is 2. The number of nitrogens with one attached hydrogen (secondary N) is 2. The summed E-state index contributed by atoms with van der Waals surface area (Å²) in [4.78, 5) is 25.5. The largest absolute Gasteiger partial charge is 0.494 e. The number of anilines is 1. The molecular weight excluding hydrogens is 594 g/mol. The normalized spacial score (nSPS) is 11.1. The molecule has 0 aliphatic rings. The van der Waals surface area contributed by atoms with Crippen molar-refractivity contribution in [2.24, 2.45) is 5.10 Å². The Morgan fingerprint density at radius 1 is 0.930 bits per heavy atom. The first-order valence-corrected chi connectivity index (χ1v) is 14.9. The minimum Gasteiger partial charge on any atom is -0.494 e. The van der Waals surface area contributed by atoms with Crippen LogP contribution in [0.1, 0.15) is 39.6 Å². The molecule has 12 heteroatoms. The Balaban J connectivity index is 1.41. The summed E-state index contributed by atoms with van der Waals surface area (Å²) < 4.78 is 44.4. The number of methoxy groups -OCH3 is 1. The highest BCUT2D eigenvalue weighted by molar-refractivity contribution is 7.92. The van der Waals surface area contributed by atoms with E-state index in [9.17, 15) is 18.0 Å². The second-order valence-corrected chi connectivity index (χ2v) is 11.1. The van der Waals surface area contributed by atoms with Crippen molar-refractivity contribution in [1.82, 2.24) is 5.43 Å². The Kier molecular flexibility index (Phi) is 10.4. The van der Waals surface area contributed by atoms with Gasteiger partial charge in [0.25, 0.3) is 15.9 Å². The zero-order valence-corrected chi connectivity index (χ0v) is 24.8. The maximum absolute atomic E-state index is 12.9. The quantitative estimate of drug-likeness (QED) is 0.0868. The molecule has 0 fully saturated rings. The van der Waals surface area contributed by atoms with Crippen molar-refractivity contribution in [2.75, 3.05) is 18.4 Å². The van der Waals surface area contributed by atoms with E-state index in [2.05, 4.69) is 15.2 Å². The first-order chi connectivity index (χ1) is 20.7. The van der Waals surface area contributed by atoms with Crippen LogP contribution in [0.4, 0.5) is 5.69 Å². The lowest BCUT2D eigenvalue weighted by atomic mass is 10.2. The Morgan fingerprint density at radius 3 is 2.35 bits per heavy atom. The van der Waals surface area contributed by atoms with Crippen molar-refractivity contribution in [1.29, 1.82) is 0 Å². The SMILES string of the molecule is CCCOc1ccc(C(=O)Oc2ccc(C=NNC(=O)c3ccccc3NS(=O)(=O)c3ccc(Cl)cc3)cc2OC)cc1. The lowest BCUT2D eigenvalue weighted by molar-refractivity contribution is 0.0729. The Morgan fingerprint density at radius 2 is 1.65 bits per heavy atom. The Labute approximate surface area is 254 Å². The zero-order chi connectivity index (χ0) is 30.8. The molecule has 0 heterocycles. The average molecular weight is 622 g/mol. The summed E-state index contributed by atoms with van der Waals surface area (Å²) in [6.45, 7) is 2.59. The van der Waals surface area contributed by atoms with Gasteiger partial charge in [0.2, 0.25) is 0 Å². The molecule has 1 amide bonds. The fourth-order valence-electron chi connectivity index (χ4n) is 3.73. The first kappa shape index (κ1) is 31.1. The van der Waals surface area contributed by atoms with Crippen molar-refractivity contribution in [3.63, 3.8) is 0 Å². The lowest BCUT2D eigenvalue weighted by Gasteiger charge is -2.12. The van der Waals surface area contributed by atoms with E-state index in [4.69, 9.17) is 25.8 Å². The van der Waals surface area contributed by atoms with Crippen LogP contribution >= 0.6 is 11.6 Å². The van der Waals surface area contributed by atoms with Gasteiger partial charge in [0, 0.05) is 5.02 Å². The van der Waals surface area contributed by atoms with E-state index in [1.807, 2.05) is 6.92 Å². The minimum atomic E-state index is -3.98. The molecule has 4 aromatic carbocycles. The van der Waals surface area contributed by atoms with Crippen LogP contribution in [-0.2, 0) is 10.0 Å². The molecule has 0 spiro atoms. The molecule has 0 saturated carbocycles. The number of hydrogen-bond donors (Lipinski definition) is 2. The lowest BCUT2D eigenvalue weighted by Crippen LogP contribution is -2.21. The standard InChI is InChI=1S/C31H28ClN3O7S/c1-3-18-41-24-13-9-22(10-14-24)31(37)42-28-17-8-21(19-29(28)40-2)20-33-34-30(36)26-6-4-5-7-27(26)35-43(38,39)25-15-11-23(32)12-16-25/h4-17,19-20,35H,3,18H2,1-2H3,(H,34,36). The van der Waals surface area contributed by atoms with Crippen LogP contribution < -0.4 is 24.4 Å². The molecule has 0 bridgehead atoms. The van der Waals surface area contributed by atoms with Crippen LogP contribution in [0.2, 0.25) is 5.02 Å². The van der Waals surface area contributed by atoms with Gasteiger partial charge in [-0.1, -0.05) is 30.7 Å². The van der Waals surface area contributed by atoms with Gasteiger partial charge in [0.1, 0.15) is 5.75 Å². The molecule has 222 valence electrons. The van der Waals surface area contributed by atoms with E-state index in [0.29, 0.717) is 28.5 Å². The van der Waals surface area contributed by atoms with Gasteiger partial charge in [-0.3, -0.25) is 9.52 Å². The van der Waals surface area contributed by atoms with Gasteiger partial charge in [-0.15, -0.1) is 0 Å². The Bertz CT molecular complexity index is 1730. The molecule has 0 aliphatic heterocycles. The number of halogens is 1. The number of sulfonamides is 1. The fourth-order valence-corrected chi connectivity index (χ4v) is 4.93. The minimum absolute atomic E-state index is 0.0110. The van der Waals surface area contributed by atoms with Gasteiger partial charge in [0.15, 0.2) is 11.5 Å². The van der Waals surface area contributed by atoms with Gasteiger partial charge >= 0.3 is 5.97 Å². The molecule has 0 atom stereocenters. The summed E-state index contributed by atoms with van der Waals surface area (Å²) in [6.07, 6.45) is 2.24. The molecule has 0 radical (unpaired) electrons. The van der Waals surface area contributed by atoms with Gasteiger partial charge < -0.3 is 14.2 Å². The number of para-hydroxylation sites is 1. The number of carbonyl (C=O) groups excluding carboxylic acids is 2. The second-order valence-electron chi connectivity index (χ2n) is 8.98. The molecule has 0 saturated heterocycles. The van der Waals surface area contributed by atoms with E-state index in [0.717, 1.165) is 6.42 Å². The number of esters is 1. The highest BCUT2D eigenvalue weighted by atomic mass is 35.5. The molecule has 0 aromatic heterocycles. The molecular formula is C31H28ClN3O7S. The third kappa shape index (κ3) is 8.34. The number of amides is 1. The number of rotatable bonds is 12. The zero-order valence-electron chi connectivity index (χ0n) is 23.2. The smallest absolute Gasteiger partial charge is 0.343 e. The average Bonchev–Trinajstić information content (AvgIpc) is 3.01. The highest BCUT2D eigenvalue weighted by Crippen LogP contribution is 2.29.